The van der Waals surface area contributed by atoms with Crippen molar-refractivity contribution >= 4 is 28.3 Å². The van der Waals surface area contributed by atoms with E-state index in [2.05, 4.69) is 41.5 Å². The lowest BCUT2D eigenvalue weighted by molar-refractivity contribution is 0.103. The number of unbranched alkanes of at least 4 members (excludes halogenated alkanes) is 1. The number of hydrogen-bond donors (Lipinski definition) is 1. The minimum atomic E-state index is -0.0355. The quantitative estimate of drug-likeness (QED) is 0.217. The highest BCUT2D eigenvalue weighted by atomic mass is 16.5. The zero-order valence-corrected chi connectivity index (χ0v) is 19.8. The Morgan fingerprint density at radius 3 is 2.60 bits per heavy atom. The highest BCUT2D eigenvalue weighted by Gasteiger charge is 2.16. The normalized spacial score (nSPS) is 12.1. The van der Waals surface area contributed by atoms with Crippen molar-refractivity contribution < 1.29 is 9.53 Å². The third-order valence-electron chi connectivity index (χ3n) is 6.02. The van der Waals surface area contributed by atoms with E-state index in [1.165, 1.54) is 0 Å². The molecule has 7 nitrogen and oxygen atoms in total. The van der Waals surface area contributed by atoms with Gasteiger partial charge in [-0.25, -0.2) is 4.98 Å². The predicted molar refractivity (Wildman–Crippen MR) is 137 cm³/mol. The molecule has 1 unspecified atom stereocenters. The van der Waals surface area contributed by atoms with Crippen LogP contribution >= 0.6 is 0 Å². The molecule has 7 heteroatoms. The van der Waals surface area contributed by atoms with Crippen molar-refractivity contribution in [2.45, 2.75) is 32.7 Å². The molecule has 0 saturated heterocycles. The van der Waals surface area contributed by atoms with Crippen molar-refractivity contribution in [3.63, 3.8) is 0 Å². The Kier molecular flexibility index (Phi) is 6.39. The Labute approximate surface area is 203 Å². The lowest BCUT2D eigenvalue weighted by Crippen LogP contribution is -2.10. The van der Waals surface area contributed by atoms with E-state index < -0.39 is 0 Å². The Bertz CT molecular complexity index is 1460. The molecule has 0 spiro atoms. The van der Waals surface area contributed by atoms with Crippen LogP contribution in [0.15, 0.2) is 79.1 Å². The number of carbonyl (C=O) groups excluding carboxylic acids is 1. The molecule has 35 heavy (non-hydrogen) atoms. The average Bonchev–Trinajstić information content (AvgIpc) is 3.40. The fourth-order valence-corrected chi connectivity index (χ4v) is 4.02. The van der Waals surface area contributed by atoms with Crippen LogP contribution in [0, 0.1) is 0 Å². The van der Waals surface area contributed by atoms with Crippen molar-refractivity contribution in [3.05, 3.63) is 95.8 Å². The maximum atomic E-state index is 12.9. The second-order valence-electron chi connectivity index (χ2n) is 8.52. The molecule has 176 valence electrons. The fourth-order valence-electron chi connectivity index (χ4n) is 4.02. The summed E-state index contributed by atoms with van der Waals surface area (Å²) in [7, 11) is 0. The van der Waals surface area contributed by atoms with E-state index >= 15 is 0 Å². The summed E-state index contributed by atoms with van der Waals surface area (Å²) in [6.45, 7) is 4.96. The molecule has 2 heterocycles. The number of nitrogens with zero attached hydrogens (tertiary/aromatic N) is 4. The second-order valence-corrected chi connectivity index (χ2v) is 8.52. The molecular formula is C28H27N5O2. The van der Waals surface area contributed by atoms with Gasteiger partial charge in [-0.05, 0) is 49.2 Å². The average molecular weight is 466 g/mol. The fraction of sp³-hybridized carbons (Fsp3) is 0.214. The smallest absolute Gasteiger partial charge is 0.203 e. The summed E-state index contributed by atoms with van der Waals surface area (Å²) in [6.07, 6.45) is 3.80. The lowest BCUT2D eigenvalue weighted by Gasteiger charge is -2.17. The molecule has 3 aromatic carbocycles. The third-order valence-corrected chi connectivity index (χ3v) is 6.02. The summed E-state index contributed by atoms with van der Waals surface area (Å²) < 4.78 is 7.64. The first-order chi connectivity index (χ1) is 17.1. The maximum Gasteiger partial charge on any atom is 0.203 e. The predicted octanol–water partition coefficient (Wildman–Crippen LogP) is 5.86. The van der Waals surface area contributed by atoms with Gasteiger partial charge in [0.15, 0.2) is 11.6 Å². The van der Waals surface area contributed by atoms with Crippen LogP contribution < -0.4 is 10.1 Å². The van der Waals surface area contributed by atoms with E-state index in [0.717, 1.165) is 41.8 Å². The maximum absolute atomic E-state index is 12.9. The molecule has 0 aliphatic heterocycles. The van der Waals surface area contributed by atoms with Crippen LogP contribution in [-0.2, 0) is 0 Å². The minimum absolute atomic E-state index is 0.0101. The number of aromatic nitrogens is 4. The molecule has 0 aliphatic rings. The largest absolute Gasteiger partial charge is 0.494 e. The second kappa shape index (κ2) is 9.93. The first-order valence-corrected chi connectivity index (χ1v) is 11.9. The van der Waals surface area contributed by atoms with Crippen molar-refractivity contribution in [3.8, 4) is 5.75 Å². The number of benzene rings is 3. The van der Waals surface area contributed by atoms with E-state index in [0.29, 0.717) is 22.6 Å². The van der Waals surface area contributed by atoms with Crippen molar-refractivity contribution in [1.82, 2.24) is 19.6 Å². The van der Waals surface area contributed by atoms with Crippen LogP contribution in [-0.4, -0.2) is 32.0 Å². The van der Waals surface area contributed by atoms with Gasteiger partial charge in [0.1, 0.15) is 12.1 Å². The van der Waals surface area contributed by atoms with Crippen LogP contribution in [0.2, 0.25) is 0 Å². The van der Waals surface area contributed by atoms with Crippen LogP contribution in [0.25, 0.3) is 16.7 Å². The number of rotatable bonds is 9. The zero-order valence-electron chi connectivity index (χ0n) is 19.8. The zero-order chi connectivity index (χ0) is 24.2. The molecule has 0 fully saturated rings. The molecule has 0 amide bonds. The van der Waals surface area contributed by atoms with Gasteiger partial charge < -0.3 is 10.1 Å². The Morgan fingerprint density at radius 2 is 1.83 bits per heavy atom. The van der Waals surface area contributed by atoms with Gasteiger partial charge in [-0.1, -0.05) is 55.8 Å². The molecular weight excluding hydrogens is 438 g/mol. The number of nitrogens with one attached hydrogen (secondary N) is 1. The van der Waals surface area contributed by atoms with Gasteiger partial charge in [0.2, 0.25) is 5.65 Å². The highest BCUT2D eigenvalue weighted by Crippen LogP contribution is 2.26. The summed E-state index contributed by atoms with van der Waals surface area (Å²) in [6, 6.07) is 22.9. The van der Waals surface area contributed by atoms with Crippen molar-refractivity contribution in [2.75, 3.05) is 11.9 Å². The Balaban J connectivity index is 1.42. The van der Waals surface area contributed by atoms with Crippen LogP contribution in [0.1, 0.15) is 54.2 Å². The van der Waals surface area contributed by atoms with Gasteiger partial charge in [0, 0.05) is 11.1 Å². The highest BCUT2D eigenvalue weighted by molar-refractivity contribution is 6.10. The first kappa shape index (κ1) is 22.5. The van der Waals surface area contributed by atoms with E-state index in [-0.39, 0.29) is 11.8 Å². The first-order valence-electron chi connectivity index (χ1n) is 11.9. The summed E-state index contributed by atoms with van der Waals surface area (Å²) >= 11 is 0. The van der Waals surface area contributed by atoms with E-state index in [1.807, 2.05) is 65.1 Å². The monoisotopic (exact) mass is 465 g/mol. The van der Waals surface area contributed by atoms with Gasteiger partial charge in [-0.2, -0.15) is 0 Å². The van der Waals surface area contributed by atoms with E-state index in [1.54, 1.807) is 6.33 Å². The van der Waals surface area contributed by atoms with Crippen molar-refractivity contribution in [2.24, 2.45) is 0 Å². The van der Waals surface area contributed by atoms with Crippen LogP contribution in [0.3, 0.4) is 0 Å². The minimum Gasteiger partial charge on any atom is -0.494 e. The van der Waals surface area contributed by atoms with Gasteiger partial charge >= 0.3 is 0 Å². The Hall–Kier alpha value is -4.26. The third kappa shape index (κ3) is 4.71. The van der Waals surface area contributed by atoms with Gasteiger partial charge in [-0.15, -0.1) is 10.2 Å². The number of anilines is 1. The molecule has 1 atom stereocenters. The molecule has 0 bridgehead atoms. The van der Waals surface area contributed by atoms with Gasteiger partial charge in [0.25, 0.3) is 0 Å². The topological polar surface area (TPSA) is 81.4 Å². The molecule has 0 radical (unpaired) electrons. The van der Waals surface area contributed by atoms with Crippen molar-refractivity contribution in [1.29, 1.82) is 0 Å². The molecule has 0 aliphatic carbocycles. The van der Waals surface area contributed by atoms with Gasteiger partial charge in [-0.3, -0.25) is 9.20 Å². The molecule has 0 saturated carbocycles. The Morgan fingerprint density at radius 1 is 1.03 bits per heavy atom. The number of fused-ring (bicyclic) bond motifs is 3. The summed E-state index contributed by atoms with van der Waals surface area (Å²) in [5, 5.41) is 11.9. The summed E-state index contributed by atoms with van der Waals surface area (Å²) in [5.74, 6) is 1.47. The van der Waals surface area contributed by atoms with E-state index in [9.17, 15) is 4.79 Å². The SMILES string of the molecule is CCCCOc1ccc(C(C)Nc2nc3ccc(C(=O)c4ccccc4)cc3n3cnnc23)cc1. The number of hydrogen-bond acceptors (Lipinski definition) is 6. The lowest BCUT2D eigenvalue weighted by atomic mass is 10.0. The molecule has 2 aromatic heterocycles. The number of ketones is 1. The number of carbonyl (C=O) groups is 1. The summed E-state index contributed by atoms with van der Waals surface area (Å²) in [4.78, 5) is 17.8. The molecule has 5 aromatic rings. The summed E-state index contributed by atoms with van der Waals surface area (Å²) in [5.41, 5.74) is 4.48. The van der Waals surface area contributed by atoms with E-state index in [4.69, 9.17) is 9.72 Å². The van der Waals surface area contributed by atoms with Crippen LogP contribution in [0.4, 0.5) is 5.82 Å². The van der Waals surface area contributed by atoms with Gasteiger partial charge in [0.05, 0.1) is 23.7 Å². The number of ether oxygens (including phenoxy) is 1. The molecule has 5 rings (SSSR count). The standard InChI is InChI=1S/C28H27N5O2/c1-3-4-16-35-23-13-10-20(11-14-23)19(2)30-27-28-32-29-18-33(28)25-17-22(12-15-24(25)31-27)26(34)21-8-6-5-7-9-21/h5-15,17-19H,3-4,16H2,1-2H3,(H,30,31). The van der Waals surface area contributed by atoms with Crippen LogP contribution in [0.5, 0.6) is 5.75 Å². The molecule has 1 N–H and O–H groups in total.